The van der Waals surface area contributed by atoms with Crippen molar-refractivity contribution in [2.75, 3.05) is 13.2 Å². The predicted octanol–water partition coefficient (Wildman–Crippen LogP) is 10.1. The smallest absolute Gasteiger partial charge is 0.328 e. The first-order valence-electron chi connectivity index (χ1n) is 21.0. The third-order valence-corrected chi connectivity index (χ3v) is 8.62. The number of aliphatic hydroxyl groups is 1. The molecular formula is C46H74N2O7. The van der Waals surface area contributed by atoms with Gasteiger partial charge in [0.2, 0.25) is 11.8 Å². The van der Waals surface area contributed by atoms with Crippen LogP contribution in [0.4, 0.5) is 0 Å². The van der Waals surface area contributed by atoms with Gasteiger partial charge in [0.25, 0.3) is 0 Å². The van der Waals surface area contributed by atoms with Crippen LogP contribution in [0, 0.1) is 0 Å². The van der Waals surface area contributed by atoms with E-state index in [0.29, 0.717) is 19.3 Å². The first-order chi connectivity index (χ1) is 26.8. The molecule has 9 nitrogen and oxygen atoms in total. The van der Waals surface area contributed by atoms with Crippen LogP contribution in [0.1, 0.15) is 155 Å². The lowest BCUT2D eigenvalue weighted by Gasteiger charge is -2.14. The molecule has 0 spiro atoms. The molecule has 0 aliphatic heterocycles. The highest BCUT2D eigenvalue weighted by Crippen LogP contribution is 2.14. The summed E-state index contributed by atoms with van der Waals surface area (Å²) < 4.78 is 5.86. The number of rotatable bonds is 36. The largest absolute Gasteiger partial charge is 0.480 e. The van der Waals surface area contributed by atoms with Crippen molar-refractivity contribution < 1.29 is 34.1 Å². The van der Waals surface area contributed by atoms with Crippen LogP contribution < -0.4 is 10.6 Å². The maximum absolute atomic E-state index is 12.7. The van der Waals surface area contributed by atoms with Crippen molar-refractivity contribution in [3.8, 4) is 0 Å². The van der Waals surface area contributed by atoms with E-state index in [0.717, 1.165) is 77.0 Å². The Hall–Kier alpha value is -3.98. The number of unbranched alkanes of at least 4 members (excludes halogenated alkanes) is 10. The van der Waals surface area contributed by atoms with Crippen molar-refractivity contribution in [1.29, 1.82) is 0 Å². The monoisotopic (exact) mass is 767 g/mol. The molecule has 55 heavy (non-hydrogen) atoms. The standard InChI is InChI=1S/C46H74N2O7/c1-3-5-7-9-11-13-14-15-16-17-18-19-20-21-22-24-26-28-34-38-45(52)55-41(35-31-27-25-23-12-10-8-6-4-2)36-32-29-30-33-37-43(50)47-39-44(51)48-42(40-49)46(53)54/h5,7,11,13,15-16,18-19,21-22,26,28,31,35,41-42,49H,3-4,6,8-10,12,14,17,20,23-25,27,29-30,32-34,36-40H2,1-2H3,(H,47,50)(H,48,51)(H,53,54)/b7-5-,13-11-,16-15-,19-18-,22-21-,28-26-,35-31-. The van der Waals surface area contributed by atoms with Crippen LogP contribution in [0.5, 0.6) is 0 Å². The summed E-state index contributed by atoms with van der Waals surface area (Å²) in [4.78, 5) is 47.5. The molecule has 0 aliphatic rings. The second kappa shape index (κ2) is 39.7. The molecular weight excluding hydrogens is 693 g/mol. The van der Waals surface area contributed by atoms with Crippen molar-refractivity contribution in [3.63, 3.8) is 0 Å². The van der Waals surface area contributed by atoms with Crippen LogP contribution in [0.15, 0.2) is 85.1 Å². The first-order valence-corrected chi connectivity index (χ1v) is 21.0. The van der Waals surface area contributed by atoms with Gasteiger partial charge in [0, 0.05) is 12.8 Å². The zero-order valence-electron chi connectivity index (χ0n) is 34.1. The minimum absolute atomic E-state index is 0.195. The van der Waals surface area contributed by atoms with E-state index in [4.69, 9.17) is 14.9 Å². The van der Waals surface area contributed by atoms with E-state index in [1.807, 2.05) is 12.2 Å². The fraction of sp³-hybridized carbons (Fsp3) is 0.609. The van der Waals surface area contributed by atoms with Gasteiger partial charge in [-0.25, -0.2) is 4.79 Å². The molecule has 310 valence electrons. The van der Waals surface area contributed by atoms with Crippen LogP contribution in [0.3, 0.4) is 0 Å². The molecule has 0 aromatic rings. The Balaban J connectivity index is 4.46. The van der Waals surface area contributed by atoms with Crippen LogP contribution in [-0.4, -0.2) is 59.3 Å². The number of esters is 1. The van der Waals surface area contributed by atoms with Gasteiger partial charge in [0.05, 0.1) is 13.2 Å². The molecule has 0 heterocycles. The predicted molar refractivity (Wildman–Crippen MR) is 226 cm³/mol. The highest BCUT2D eigenvalue weighted by atomic mass is 16.5. The second-order valence-electron chi connectivity index (χ2n) is 13.7. The molecule has 2 atom stereocenters. The highest BCUT2D eigenvalue weighted by Gasteiger charge is 2.18. The van der Waals surface area contributed by atoms with E-state index in [-0.39, 0.29) is 30.9 Å². The molecule has 4 N–H and O–H groups in total. The molecule has 0 aliphatic carbocycles. The number of aliphatic carboxylic acids is 1. The maximum Gasteiger partial charge on any atom is 0.328 e. The molecule has 0 radical (unpaired) electrons. The number of aliphatic hydroxyl groups excluding tert-OH is 1. The Kier molecular flexibility index (Phi) is 36.8. The third kappa shape index (κ3) is 36.8. The number of nitrogens with one attached hydrogen (secondary N) is 2. The van der Waals surface area contributed by atoms with Gasteiger partial charge in [-0.1, -0.05) is 144 Å². The maximum atomic E-state index is 12.7. The Bertz CT molecular complexity index is 1200. The first kappa shape index (κ1) is 51.0. The minimum atomic E-state index is -1.40. The number of carbonyl (C=O) groups excluding carboxylic acids is 3. The molecule has 0 bridgehead atoms. The Morgan fingerprint density at radius 3 is 1.67 bits per heavy atom. The van der Waals surface area contributed by atoms with E-state index in [2.05, 4.69) is 97.4 Å². The highest BCUT2D eigenvalue weighted by molar-refractivity contribution is 5.87. The number of hydrogen-bond donors (Lipinski definition) is 4. The SMILES string of the molecule is CC/C=C\C/C=C\C/C=C\C/C=C\C/C=C\C/C=C\CCC(=O)OC(/C=C\CCCCCCCCC)CCCCCCC(=O)NCC(=O)NC(CO)C(=O)O. The van der Waals surface area contributed by atoms with Gasteiger partial charge < -0.3 is 25.6 Å². The fourth-order valence-electron chi connectivity index (χ4n) is 5.41. The average Bonchev–Trinajstić information content (AvgIpc) is 3.17. The lowest BCUT2D eigenvalue weighted by Crippen LogP contribution is -2.47. The molecule has 0 aromatic carbocycles. The quantitative estimate of drug-likeness (QED) is 0.0283. The van der Waals surface area contributed by atoms with Gasteiger partial charge >= 0.3 is 11.9 Å². The van der Waals surface area contributed by atoms with Gasteiger partial charge in [0.15, 0.2) is 0 Å². The van der Waals surface area contributed by atoms with Gasteiger partial charge in [-0.2, -0.15) is 0 Å². The number of carbonyl (C=O) groups is 4. The third-order valence-electron chi connectivity index (χ3n) is 8.62. The summed E-state index contributed by atoms with van der Waals surface area (Å²) in [6.07, 6.45) is 50.6. The van der Waals surface area contributed by atoms with Gasteiger partial charge in [-0.3, -0.25) is 14.4 Å². The van der Waals surface area contributed by atoms with Gasteiger partial charge in [-0.15, -0.1) is 0 Å². The van der Waals surface area contributed by atoms with E-state index in [1.165, 1.54) is 38.5 Å². The molecule has 0 saturated carbocycles. The van der Waals surface area contributed by atoms with Gasteiger partial charge in [0.1, 0.15) is 12.1 Å². The Labute approximate surface area is 333 Å². The summed E-state index contributed by atoms with van der Waals surface area (Å²) in [7, 11) is 0. The Morgan fingerprint density at radius 2 is 1.11 bits per heavy atom. The summed E-state index contributed by atoms with van der Waals surface area (Å²) in [5.74, 6) is -2.51. The Morgan fingerprint density at radius 1 is 0.582 bits per heavy atom. The van der Waals surface area contributed by atoms with Crippen LogP contribution >= 0.6 is 0 Å². The van der Waals surface area contributed by atoms with Crippen LogP contribution in [0.2, 0.25) is 0 Å². The number of hydrogen-bond acceptors (Lipinski definition) is 6. The summed E-state index contributed by atoms with van der Waals surface area (Å²) in [6.45, 7) is 3.30. The molecule has 0 saturated heterocycles. The average molecular weight is 767 g/mol. The van der Waals surface area contributed by atoms with Gasteiger partial charge in [-0.05, 0) is 83.1 Å². The van der Waals surface area contributed by atoms with Crippen LogP contribution in [-0.2, 0) is 23.9 Å². The summed E-state index contributed by atoms with van der Waals surface area (Å²) in [6, 6.07) is -1.40. The number of ether oxygens (including phenoxy) is 1. The summed E-state index contributed by atoms with van der Waals surface area (Å²) >= 11 is 0. The van der Waals surface area contributed by atoms with Crippen molar-refractivity contribution in [3.05, 3.63) is 85.1 Å². The van der Waals surface area contributed by atoms with Crippen molar-refractivity contribution in [2.24, 2.45) is 0 Å². The van der Waals surface area contributed by atoms with Crippen molar-refractivity contribution >= 4 is 23.8 Å². The lowest BCUT2D eigenvalue weighted by atomic mass is 10.1. The zero-order valence-corrected chi connectivity index (χ0v) is 34.1. The molecule has 0 rings (SSSR count). The molecule has 0 aromatic heterocycles. The topological polar surface area (TPSA) is 142 Å². The minimum Gasteiger partial charge on any atom is -0.480 e. The number of amides is 2. The van der Waals surface area contributed by atoms with Crippen molar-refractivity contribution in [2.45, 2.75) is 167 Å². The fourth-order valence-corrected chi connectivity index (χ4v) is 5.41. The lowest BCUT2D eigenvalue weighted by molar-refractivity contribution is -0.147. The molecule has 2 unspecified atom stereocenters. The normalized spacial score (nSPS) is 13.4. The van der Waals surface area contributed by atoms with E-state index in [9.17, 15) is 19.2 Å². The summed E-state index contributed by atoms with van der Waals surface area (Å²) in [5.41, 5.74) is 0. The van der Waals surface area contributed by atoms with Crippen LogP contribution in [0.25, 0.3) is 0 Å². The van der Waals surface area contributed by atoms with E-state index < -0.39 is 24.5 Å². The van der Waals surface area contributed by atoms with E-state index in [1.54, 1.807) is 0 Å². The zero-order chi connectivity index (χ0) is 40.5. The summed E-state index contributed by atoms with van der Waals surface area (Å²) in [5, 5.41) is 22.5. The number of allylic oxidation sites excluding steroid dienone is 13. The van der Waals surface area contributed by atoms with Crippen molar-refractivity contribution in [1.82, 2.24) is 10.6 Å². The number of carboxylic acid groups (broad SMARTS) is 1. The van der Waals surface area contributed by atoms with E-state index >= 15 is 0 Å². The molecule has 2 amide bonds. The second-order valence-corrected chi connectivity index (χ2v) is 13.7. The molecule has 0 fully saturated rings. The molecule has 9 heteroatoms. The number of carboxylic acids is 1.